The molecule has 0 saturated heterocycles. The zero-order chi connectivity index (χ0) is 12.2. The van der Waals surface area contributed by atoms with Gasteiger partial charge in [0.05, 0.1) is 13.0 Å². The molecule has 0 radical (unpaired) electrons. The van der Waals surface area contributed by atoms with E-state index < -0.39 is 0 Å². The highest BCUT2D eigenvalue weighted by molar-refractivity contribution is 5.71. The van der Waals surface area contributed by atoms with E-state index in [1.165, 1.54) is 13.5 Å². The SMILES string of the molecule is CCCCOCCCNC[C@H](C)C(=O)OC. The lowest BCUT2D eigenvalue weighted by molar-refractivity contribution is -0.144. The van der Waals surface area contributed by atoms with Gasteiger partial charge in [0.1, 0.15) is 0 Å². The molecule has 4 nitrogen and oxygen atoms in total. The van der Waals surface area contributed by atoms with Gasteiger partial charge in [-0.2, -0.15) is 0 Å². The molecule has 0 bridgehead atoms. The maximum absolute atomic E-state index is 11.1. The van der Waals surface area contributed by atoms with Gasteiger partial charge in [0, 0.05) is 19.8 Å². The van der Waals surface area contributed by atoms with Gasteiger partial charge in [0.2, 0.25) is 0 Å². The second-order valence-corrected chi connectivity index (χ2v) is 3.95. The number of rotatable bonds is 10. The van der Waals surface area contributed by atoms with Crippen molar-refractivity contribution in [2.24, 2.45) is 5.92 Å². The van der Waals surface area contributed by atoms with Crippen LogP contribution in [-0.4, -0.2) is 39.4 Å². The van der Waals surface area contributed by atoms with Gasteiger partial charge in [-0.1, -0.05) is 20.3 Å². The number of esters is 1. The van der Waals surface area contributed by atoms with Crippen LogP contribution < -0.4 is 5.32 Å². The molecule has 4 heteroatoms. The molecule has 1 atom stereocenters. The number of methoxy groups -OCH3 is 1. The van der Waals surface area contributed by atoms with Crippen molar-refractivity contribution < 1.29 is 14.3 Å². The monoisotopic (exact) mass is 231 g/mol. The summed E-state index contributed by atoms with van der Waals surface area (Å²) in [6.07, 6.45) is 3.29. The van der Waals surface area contributed by atoms with E-state index in [0.717, 1.165) is 32.6 Å². The third-order valence-electron chi connectivity index (χ3n) is 2.34. The van der Waals surface area contributed by atoms with Crippen molar-refractivity contribution in [3.63, 3.8) is 0 Å². The molecule has 0 heterocycles. The zero-order valence-corrected chi connectivity index (χ0v) is 10.8. The second kappa shape index (κ2) is 10.9. The van der Waals surface area contributed by atoms with Gasteiger partial charge in [-0.25, -0.2) is 0 Å². The van der Waals surface area contributed by atoms with Crippen molar-refractivity contribution in [3.05, 3.63) is 0 Å². The Labute approximate surface area is 98.7 Å². The average Bonchev–Trinajstić information content (AvgIpc) is 2.31. The summed E-state index contributed by atoms with van der Waals surface area (Å²) >= 11 is 0. The predicted molar refractivity (Wildman–Crippen MR) is 64.4 cm³/mol. The first-order valence-corrected chi connectivity index (χ1v) is 6.08. The summed E-state index contributed by atoms with van der Waals surface area (Å²) in [5.74, 6) is -0.238. The Hall–Kier alpha value is -0.610. The molecule has 0 aromatic carbocycles. The molecule has 0 spiro atoms. The van der Waals surface area contributed by atoms with E-state index in [-0.39, 0.29) is 11.9 Å². The fourth-order valence-electron chi connectivity index (χ4n) is 1.25. The Bertz CT molecular complexity index is 174. The number of ether oxygens (including phenoxy) is 2. The molecule has 0 saturated carbocycles. The Balaban J connectivity index is 3.17. The molecule has 0 aromatic heterocycles. The third-order valence-corrected chi connectivity index (χ3v) is 2.34. The standard InChI is InChI=1S/C12H25NO3/c1-4-5-8-16-9-6-7-13-10-11(2)12(14)15-3/h11,13H,4-10H2,1-3H3/t11-/m0/s1. The number of carbonyl (C=O) groups excluding carboxylic acids is 1. The minimum atomic E-state index is -0.160. The maximum Gasteiger partial charge on any atom is 0.309 e. The summed E-state index contributed by atoms with van der Waals surface area (Å²) in [6, 6.07) is 0. The van der Waals surface area contributed by atoms with E-state index in [0.29, 0.717) is 6.54 Å². The highest BCUT2D eigenvalue weighted by Crippen LogP contribution is 1.95. The van der Waals surface area contributed by atoms with Crippen LogP contribution >= 0.6 is 0 Å². The summed E-state index contributed by atoms with van der Waals surface area (Å²) in [7, 11) is 1.42. The summed E-state index contributed by atoms with van der Waals surface area (Å²) < 4.78 is 10.0. The number of hydrogen-bond donors (Lipinski definition) is 1. The second-order valence-electron chi connectivity index (χ2n) is 3.95. The van der Waals surface area contributed by atoms with E-state index >= 15 is 0 Å². The van der Waals surface area contributed by atoms with Gasteiger partial charge in [-0.05, 0) is 19.4 Å². The van der Waals surface area contributed by atoms with E-state index in [4.69, 9.17) is 4.74 Å². The fourth-order valence-corrected chi connectivity index (χ4v) is 1.25. The largest absolute Gasteiger partial charge is 0.469 e. The van der Waals surface area contributed by atoms with Crippen molar-refractivity contribution in [1.82, 2.24) is 5.32 Å². The molecule has 96 valence electrons. The van der Waals surface area contributed by atoms with Gasteiger partial charge >= 0.3 is 5.97 Å². The van der Waals surface area contributed by atoms with Gasteiger partial charge in [0.25, 0.3) is 0 Å². The summed E-state index contributed by atoms with van der Waals surface area (Å²) in [6.45, 7) is 7.21. The van der Waals surface area contributed by atoms with Crippen LogP contribution in [0.5, 0.6) is 0 Å². The maximum atomic E-state index is 11.1. The molecular weight excluding hydrogens is 206 g/mol. The van der Waals surface area contributed by atoms with Crippen LogP contribution in [0.2, 0.25) is 0 Å². The van der Waals surface area contributed by atoms with Gasteiger partial charge < -0.3 is 14.8 Å². The topological polar surface area (TPSA) is 47.6 Å². The van der Waals surface area contributed by atoms with Crippen LogP contribution in [0.25, 0.3) is 0 Å². The normalized spacial score (nSPS) is 12.4. The van der Waals surface area contributed by atoms with Crippen molar-refractivity contribution >= 4 is 5.97 Å². The molecule has 0 aliphatic heterocycles. The van der Waals surface area contributed by atoms with Gasteiger partial charge in [0.15, 0.2) is 0 Å². The van der Waals surface area contributed by atoms with Crippen LogP contribution in [0.4, 0.5) is 0 Å². The summed E-state index contributed by atoms with van der Waals surface area (Å²) in [5, 5.41) is 3.21. The molecule has 0 amide bonds. The van der Waals surface area contributed by atoms with Crippen LogP contribution in [0.1, 0.15) is 33.1 Å². The Kier molecular flexibility index (Phi) is 10.5. The first-order valence-electron chi connectivity index (χ1n) is 6.08. The van der Waals surface area contributed by atoms with Gasteiger partial charge in [-0.3, -0.25) is 4.79 Å². The van der Waals surface area contributed by atoms with Crippen molar-refractivity contribution in [2.45, 2.75) is 33.1 Å². The van der Waals surface area contributed by atoms with Crippen LogP contribution in [0, 0.1) is 5.92 Å². The predicted octanol–water partition coefficient (Wildman–Crippen LogP) is 1.59. The van der Waals surface area contributed by atoms with E-state index in [1.54, 1.807) is 0 Å². The van der Waals surface area contributed by atoms with Crippen molar-refractivity contribution in [3.8, 4) is 0 Å². The van der Waals surface area contributed by atoms with E-state index in [2.05, 4.69) is 17.0 Å². The molecule has 0 rings (SSSR count). The van der Waals surface area contributed by atoms with Crippen molar-refractivity contribution in [1.29, 1.82) is 0 Å². The first kappa shape index (κ1) is 15.4. The minimum absolute atomic E-state index is 0.0778. The molecule has 0 unspecified atom stereocenters. The molecule has 0 fully saturated rings. The average molecular weight is 231 g/mol. The number of unbranched alkanes of at least 4 members (excludes halogenated alkanes) is 1. The fraction of sp³-hybridized carbons (Fsp3) is 0.917. The molecule has 0 aliphatic rings. The van der Waals surface area contributed by atoms with Gasteiger partial charge in [-0.15, -0.1) is 0 Å². The lowest BCUT2D eigenvalue weighted by Crippen LogP contribution is -2.28. The minimum Gasteiger partial charge on any atom is -0.469 e. The van der Waals surface area contributed by atoms with Crippen LogP contribution in [-0.2, 0) is 14.3 Å². The number of carbonyl (C=O) groups is 1. The molecule has 16 heavy (non-hydrogen) atoms. The first-order chi connectivity index (χ1) is 7.72. The lowest BCUT2D eigenvalue weighted by Gasteiger charge is -2.10. The summed E-state index contributed by atoms with van der Waals surface area (Å²) in [4.78, 5) is 11.1. The Morgan fingerprint density at radius 2 is 2.00 bits per heavy atom. The Morgan fingerprint density at radius 3 is 2.62 bits per heavy atom. The molecule has 0 aliphatic carbocycles. The third kappa shape index (κ3) is 8.68. The lowest BCUT2D eigenvalue weighted by atomic mass is 10.2. The molecule has 1 N–H and O–H groups in total. The quantitative estimate of drug-likeness (QED) is 0.458. The highest BCUT2D eigenvalue weighted by atomic mass is 16.5. The number of nitrogens with one attached hydrogen (secondary N) is 1. The highest BCUT2D eigenvalue weighted by Gasteiger charge is 2.11. The number of hydrogen-bond acceptors (Lipinski definition) is 4. The van der Waals surface area contributed by atoms with Crippen molar-refractivity contribution in [2.75, 3.05) is 33.4 Å². The summed E-state index contributed by atoms with van der Waals surface area (Å²) in [5.41, 5.74) is 0. The van der Waals surface area contributed by atoms with E-state index in [9.17, 15) is 4.79 Å². The van der Waals surface area contributed by atoms with Crippen LogP contribution in [0.15, 0.2) is 0 Å². The van der Waals surface area contributed by atoms with E-state index in [1.807, 2.05) is 6.92 Å². The molecule has 0 aromatic rings. The smallest absolute Gasteiger partial charge is 0.309 e. The zero-order valence-electron chi connectivity index (χ0n) is 10.8. The Morgan fingerprint density at radius 1 is 1.31 bits per heavy atom. The molecular formula is C12H25NO3. The van der Waals surface area contributed by atoms with Crippen LogP contribution in [0.3, 0.4) is 0 Å².